The van der Waals surface area contributed by atoms with Crippen LogP contribution in [-0.4, -0.2) is 50.3 Å². The van der Waals surface area contributed by atoms with E-state index >= 15 is 0 Å². The summed E-state index contributed by atoms with van der Waals surface area (Å²) < 4.78 is 11.4. The molecule has 1 heterocycles. The van der Waals surface area contributed by atoms with Crippen molar-refractivity contribution in [3.05, 3.63) is 29.8 Å². The van der Waals surface area contributed by atoms with Gasteiger partial charge in [0.05, 0.1) is 5.60 Å². The Hall–Kier alpha value is -2.28. The molecule has 1 aliphatic heterocycles. The predicted molar refractivity (Wildman–Crippen MR) is 105 cm³/mol. The first-order valence-corrected chi connectivity index (χ1v) is 9.66. The number of guanidine groups is 1. The van der Waals surface area contributed by atoms with Gasteiger partial charge in [0.25, 0.3) is 5.91 Å². The zero-order valence-corrected chi connectivity index (χ0v) is 16.2. The summed E-state index contributed by atoms with van der Waals surface area (Å²) in [6.45, 7) is 4.35. The van der Waals surface area contributed by atoms with Crippen LogP contribution in [0.2, 0.25) is 0 Å². The Morgan fingerprint density at radius 2 is 2.22 bits per heavy atom. The molecular weight excluding hydrogens is 344 g/mol. The highest BCUT2D eigenvalue weighted by molar-refractivity contribution is 5.79. The lowest BCUT2D eigenvalue weighted by molar-refractivity contribution is -0.123. The fourth-order valence-corrected chi connectivity index (χ4v) is 3.04. The third-order valence-corrected chi connectivity index (χ3v) is 4.82. The van der Waals surface area contributed by atoms with Crippen LogP contribution < -0.4 is 20.7 Å². The molecule has 1 saturated carbocycles. The molecule has 1 unspecified atom stereocenters. The quantitative estimate of drug-likeness (QED) is 0.475. The van der Waals surface area contributed by atoms with Crippen LogP contribution in [0.3, 0.4) is 0 Å². The standard InChI is InChI=1S/C20H30N4O3/c1-20(9-4-10-27-20)14-23-19(21-2)22-12-15-5-3-6-17(11-15)26-13-18(25)24-16-7-8-16/h3,5-6,11,16H,4,7-10,12-14H2,1-2H3,(H,24,25)(H2,21,22,23). The maximum absolute atomic E-state index is 11.7. The summed E-state index contributed by atoms with van der Waals surface area (Å²) in [5.74, 6) is 1.37. The average molecular weight is 374 g/mol. The molecule has 2 fully saturated rings. The van der Waals surface area contributed by atoms with Crippen LogP contribution in [0.4, 0.5) is 0 Å². The molecule has 3 rings (SSSR count). The van der Waals surface area contributed by atoms with Crippen LogP contribution in [0.1, 0.15) is 38.2 Å². The lowest BCUT2D eigenvalue weighted by atomic mass is 10.0. The van der Waals surface area contributed by atoms with Crippen LogP contribution >= 0.6 is 0 Å². The molecule has 0 spiro atoms. The fourth-order valence-electron chi connectivity index (χ4n) is 3.04. The molecule has 27 heavy (non-hydrogen) atoms. The minimum atomic E-state index is -0.119. The van der Waals surface area contributed by atoms with Crippen LogP contribution in [0.5, 0.6) is 5.75 Å². The van der Waals surface area contributed by atoms with Gasteiger partial charge in [0, 0.05) is 32.8 Å². The first kappa shape index (κ1) is 19.5. The minimum Gasteiger partial charge on any atom is -0.484 e. The summed E-state index contributed by atoms with van der Waals surface area (Å²) in [7, 11) is 1.76. The zero-order chi connectivity index (χ0) is 19.1. The van der Waals surface area contributed by atoms with E-state index in [1.807, 2.05) is 24.3 Å². The molecule has 1 aliphatic carbocycles. The maximum atomic E-state index is 11.7. The fraction of sp³-hybridized carbons (Fsp3) is 0.600. The number of hydrogen-bond acceptors (Lipinski definition) is 4. The lowest BCUT2D eigenvalue weighted by Gasteiger charge is -2.24. The molecule has 1 saturated heterocycles. The van der Waals surface area contributed by atoms with Gasteiger partial charge in [-0.25, -0.2) is 0 Å². The van der Waals surface area contributed by atoms with E-state index in [2.05, 4.69) is 27.9 Å². The Morgan fingerprint density at radius 1 is 1.37 bits per heavy atom. The second-order valence-corrected chi connectivity index (χ2v) is 7.46. The Kier molecular flexibility index (Phi) is 6.55. The van der Waals surface area contributed by atoms with Crippen molar-refractivity contribution in [3.8, 4) is 5.75 Å². The topological polar surface area (TPSA) is 84.0 Å². The maximum Gasteiger partial charge on any atom is 0.258 e. The van der Waals surface area contributed by atoms with Gasteiger partial charge in [-0.05, 0) is 50.3 Å². The first-order chi connectivity index (χ1) is 13.1. The highest BCUT2D eigenvalue weighted by Crippen LogP contribution is 2.23. The Labute approximate surface area is 160 Å². The highest BCUT2D eigenvalue weighted by Gasteiger charge is 2.29. The Balaban J connectivity index is 1.43. The highest BCUT2D eigenvalue weighted by atomic mass is 16.5. The molecule has 0 aromatic heterocycles. The van der Waals surface area contributed by atoms with Crippen molar-refractivity contribution in [2.24, 2.45) is 4.99 Å². The summed E-state index contributed by atoms with van der Waals surface area (Å²) in [6, 6.07) is 8.09. The van der Waals surface area contributed by atoms with E-state index in [1.54, 1.807) is 7.05 Å². The normalized spacial score (nSPS) is 22.4. The van der Waals surface area contributed by atoms with Crippen LogP contribution in [0, 0.1) is 0 Å². The predicted octanol–water partition coefficient (Wildman–Crippen LogP) is 1.58. The molecule has 0 bridgehead atoms. The smallest absolute Gasteiger partial charge is 0.258 e. The number of rotatable bonds is 8. The summed E-state index contributed by atoms with van der Waals surface area (Å²) in [5, 5.41) is 9.55. The van der Waals surface area contributed by atoms with E-state index in [0.717, 1.165) is 50.4 Å². The molecule has 7 nitrogen and oxygen atoms in total. The van der Waals surface area contributed by atoms with Gasteiger partial charge in [0.15, 0.2) is 12.6 Å². The number of hydrogen-bond donors (Lipinski definition) is 3. The summed E-state index contributed by atoms with van der Waals surface area (Å²) in [6.07, 6.45) is 4.32. The summed E-state index contributed by atoms with van der Waals surface area (Å²) in [5.41, 5.74) is 0.938. The van der Waals surface area contributed by atoms with Crippen LogP contribution in [-0.2, 0) is 16.1 Å². The molecule has 7 heteroatoms. The Bertz CT molecular complexity index is 667. The van der Waals surface area contributed by atoms with Crippen molar-refractivity contribution < 1.29 is 14.3 Å². The van der Waals surface area contributed by atoms with Gasteiger partial charge in [-0.1, -0.05) is 12.1 Å². The molecule has 3 N–H and O–H groups in total. The van der Waals surface area contributed by atoms with Crippen molar-refractivity contribution >= 4 is 11.9 Å². The van der Waals surface area contributed by atoms with Gasteiger partial charge in [0.2, 0.25) is 0 Å². The van der Waals surface area contributed by atoms with E-state index in [9.17, 15) is 4.79 Å². The van der Waals surface area contributed by atoms with Gasteiger partial charge < -0.3 is 25.4 Å². The van der Waals surface area contributed by atoms with E-state index in [-0.39, 0.29) is 18.1 Å². The monoisotopic (exact) mass is 374 g/mol. The van der Waals surface area contributed by atoms with Crippen LogP contribution in [0.15, 0.2) is 29.3 Å². The van der Waals surface area contributed by atoms with E-state index < -0.39 is 0 Å². The number of nitrogens with zero attached hydrogens (tertiary/aromatic N) is 1. The van der Waals surface area contributed by atoms with E-state index in [0.29, 0.717) is 18.3 Å². The second-order valence-electron chi connectivity index (χ2n) is 7.46. The molecular formula is C20H30N4O3. The van der Waals surface area contributed by atoms with Crippen LogP contribution in [0.25, 0.3) is 0 Å². The van der Waals surface area contributed by atoms with Crippen molar-refractivity contribution in [3.63, 3.8) is 0 Å². The summed E-state index contributed by atoms with van der Waals surface area (Å²) >= 11 is 0. The van der Waals surface area contributed by atoms with Crippen molar-refractivity contribution in [2.75, 3.05) is 26.8 Å². The van der Waals surface area contributed by atoms with Gasteiger partial charge in [-0.15, -0.1) is 0 Å². The molecule has 1 atom stereocenters. The summed E-state index contributed by atoms with van der Waals surface area (Å²) in [4.78, 5) is 16.0. The molecule has 0 radical (unpaired) electrons. The number of carbonyl (C=O) groups is 1. The Morgan fingerprint density at radius 3 is 2.93 bits per heavy atom. The number of carbonyl (C=O) groups excluding carboxylic acids is 1. The lowest BCUT2D eigenvalue weighted by Crippen LogP contribution is -2.45. The first-order valence-electron chi connectivity index (χ1n) is 9.66. The van der Waals surface area contributed by atoms with Gasteiger partial charge >= 0.3 is 0 Å². The third kappa shape index (κ3) is 6.43. The minimum absolute atomic E-state index is 0.0508. The number of amides is 1. The van der Waals surface area contributed by atoms with Crippen molar-refractivity contribution in [1.29, 1.82) is 0 Å². The van der Waals surface area contributed by atoms with E-state index in [4.69, 9.17) is 9.47 Å². The molecule has 1 aromatic rings. The number of ether oxygens (including phenoxy) is 2. The second kappa shape index (κ2) is 9.08. The SMILES string of the molecule is CN=C(NCc1cccc(OCC(=O)NC2CC2)c1)NCC1(C)CCCO1. The third-order valence-electron chi connectivity index (χ3n) is 4.82. The molecule has 2 aliphatic rings. The van der Waals surface area contributed by atoms with Gasteiger partial charge in [-0.3, -0.25) is 9.79 Å². The molecule has 1 aromatic carbocycles. The van der Waals surface area contributed by atoms with Crippen molar-refractivity contribution in [1.82, 2.24) is 16.0 Å². The van der Waals surface area contributed by atoms with Crippen molar-refractivity contribution in [2.45, 2.75) is 50.8 Å². The molecule has 148 valence electrons. The number of nitrogens with one attached hydrogen (secondary N) is 3. The largest absolute Gasteiger partial charge is 0.484 e. The van der Waals surface area contributed by atoms with E-state index in [1.165, 1.54) is 0 Å². The average Bonchev–Trinajstić information content (AvgIpc) is 3.38. The zero-order valence-electron chi connectivity index (χ0n) is 16.2. The number of benzene rings is 1. The van der Waals surface area contributed by atoms with Gasteiger partial charge in [0.1, 0.15) is 5.75 Å². The van der Waals surface area contributed by atoms with Gasteiger partial charge in [-0.2, -0.15) is 0 Å². The number of aliphatic imine (C=N–C) groups is 1. The molecule has 1 amide bonds.